The summed E-state index contributed by atoms with van der Waals surface area (Å²) in [5.41, 5.74) is 6.00. The van der Waals surface area contributed by atoms with Crippen LogP contribution in [0.5, 0.6) is 0 Å². The Labute approximate surface area is 77.3 Å². The number of nitrogen functional groups attached to an aromatic ring is 1. The van der Waals surface area contributed by atoms with Crippen molar-refractivity contribution in [1.29, 1.82) is 0 Å². The largest absolute Gasteiger partial charge is 0.396 e. The highest BCUT2D eigenvalue weighted by Gasteiger charge is 1.93. The highest BCUT2D eigenvalue weighted by atomic mass is 16.5. The molecule has 0 bridgehead atoms. The number of nitrogens with one attached hydrogen (secondary N) is 1. The lowest BCUT2D eigenvalue weighted by Crippen LogP contribution is -2.07. The molecule has 0 amide bonds. The maximum atomic E-state index is 5.43. The van der Waals surface area contributed by atoms with Crippen LogP contribution in [0, 0.1) is 0 Å². The van der Waals surface area contributed by atoms with Crippen molar-refractivity contribution in [3.63, 3.8) is 0 Å². The van der Waals surface area contributed by atoms with Crippen LogP contribution < -0.4 is 11.1 Å². The molecule has 5 heteroatoms. The lowest BCUT2D eigenvalue weighted by Gasteiger charge is -2.03. The third-order valence-corrected chi connectivity index (χ3v) is 1.48. The van der Waals surface area contributed by atoms with Crippen molar-refractivity contribution in [2.75, 3.05) is 31.3 Å². The Morgan fingerprint density at radius 2 is 2.15 bits per heavy atom. The van der Waals surface area contributed by atoms with Crippen molar-refractivity contribution in [3.05, 3.63) is 12.4 Å². The van der Waals surface area contributed by atoms with Gasteiger partial charge in [0.05, 0.1) is 18.1 Å². The highest BCUT2D eigenvalue weighted by molar-refractivity contribution is 5.35. The van der Waals surface area contributed by atoms with Gasteiger partial charge in [-0.05, 0) is 6.42 Å². The molecule has 0 aliphatic heterocycles. The summed E-state index contributed by atoms with van der Waals surface area (Å²) in [5, 5.41) is 3.05. The average Bonchev–Trinajstić information content (AvgIpc) is 2.15. The molecule has 1 rings (SSSR count). The molecule has 0 atom stereocenters. The van der Waals surface area contributed by atoms with Gasteiger partial charge in [0.2, 0.25) is 5.95 Å². The van der Waals surface area contributed by atoms with Crippen LogP contribution in [-0.4, -0.2) is 30.2 Å². The molecule has 72 valence electrons. The second-order valence-electron chi connectivity index (χ2n) is 2.61. The van der Waals surface area contributed by atoms with Crippen molar-refractivity contribution < 1.29 is 4.74 Å². The molecule has 5 nitrogen and oxygen atoms in total. The van der Waals surface area contributed by atoms with Gasteiger partial charge < -0.3 is 15.8 Å². The highest BCUT2D eigenvalue weighted by Crippen LogP contribution is 2.00. The maximum Gasteiger partial charge on any atom is 0.222 e. The van der Waals surface area contributed by atoms with E-state index in [4.69, 9.17) is 10.5 Å². The predicted octanol–water partition coefficient (Wildman–Crippen LogP) is 0.507. The Balaban J connectivity index is 2.25. The van der Waals surface area contributed by atoms with Crippen molar-refractivity contribution >= 4 is 11.6 Å². The van der Waals surface area contributed by atoms with Gasteiger partial charge in [-0.3, -0.25) is 0 Å². The molecule has 3 N–H and O–H groups in total. The summed E-state index contributed by atoms with van der Waals surface area (Å²) in [5.74, 6) is 0.602. The maximum absolute atomic E-state index is 5.43. The summed E-state index contributed by atoms with van der Waals surface area (Å²) in [4.78, 5) is 7.98. The quantitative estimate of drug-likeness (QED) is 0.649. The van der Waals surface area contributed by atoms with Crippen LogP contribution in [-0.2, 0) is 4.74 Å². The minimum absolute atomic E-state index is 0.572. The first-order valence-corrected chi connectivity index (χ1v) is 4.13. The van der Waals surface area contributed by atoms with Crippen molar-refractivity contribution in [1.82, 2.24) is 9.97 Å². The van der Waals surface area contributed by atoms with Gasteiger partial charge in [-0.1, -0.05) is 0 Å². The van der Waals surface area contributed by atoms with E-state index >= 15 is 0 Å². The van der Waals surface area contributed by atoms with Crippen LogP contribution in [0.1, 0.15) is 6.42 Å². The molecule has 1 heterocycles. The lowest BCUT2D eigenvalue weighted by molar-refractivity contribution is 0.197. The topological polar surface area (TPSA) is 73.1 Å². The standard InChI is InChI=1S/C8H14N4O/c1-13-4-2-3-10-8-11-5-7(9)6-12-8/h5-6H,2-4,9H2,1H3,(H,10,11,12). The Morgan fingerprint density at radius 3 is 2.77 bits per heavy atom. The normalized spacial score (nSPS) is 9.92. The number of anilines is 2. The number of rotatable bonds is 5. The van der Waals surface area contributed by atoms with Crippen LogP contribution in [0.2, 0.25) is 0 Å². The first-order valence-electron chi connectivity index (χ1n) is 4.13. The minimum Gasteiger partial charge on any atom is -0.396 e. The fraction of sp³-hybridized carbons (Fsp3) is 0.500. The fourth-order valence-electron chi connectivity index (χ4n) is 0.846. The summed E-state index contributed by atoms with van der Waals surface area (Å²) in [6, 6.07) is 0. The van der Waals surface area contributed by atoms with Crippen LogP contribution in [0.15, 0.2) is 12.4 Å². The first kappa shape index (κ1) is 9.73. The Hall–Kier alpha value is -1.36. The molecule has 0 aromatic carbocycles. The van der Waals surface area contributed by atoms with Gasteiger partial charge in [0.15, 0.2) is 0 Å². The number of hydrogen-bond donors (Lipinski definition) is 2. The zero-order valence-corrected chi connectivity index (χ0v) is 7.66. The van der Waals surface area contributed by atoms with Crippen LogP contribution >= 0.6 is 0 Å². The smallest absolute Gasteiger partial charge is 0.222 e. The second-order valence-corrected chi connectivity index (χ2v) is 2.61. The van der Waals surface area contributed by atoms with E-state index in [-0.39, 0.29) is 0 Å². The summed E-state index contributed by atoms with van der Waals surface area (Å²) < 4.78 is 4.90. The monoisotopic (exact) mass is 182 g/mol. The van der Waals surface area contributed by atoms with Crippen LogP contribution in [0.4, 0.5) is 11.6 Å². The molecule has 13 heavy (non-hydrogen) atoms. The van der Waals surface area contributed by atoms with E-state index in [2.05, 4.69) is 15.3 Å². The van der Waals surface area contributed by atoms with Gasteiger partial charge in [0, 0.05) is 20.3 Å². The van der Waals surface area contributed by atoms with E-state index in [0.29, 0.717) is 11.6 Å². The van der Waals surface area contributed by atoms with E-state index in [1.807, 2.05) is 0 Å². The predicted molar refractivity (Wildman–Crippen MR) is 51.4 cm³/mol. The molecule has 0 unspecified atom stereocenters. The molecule has 0 radical (unpaired) electrons. The van der Waals surface area contributed by atoms with Gasteiger partial charge in [0.1, 0.15) is 0 Å². The molecule has 1 aromatic rings. The fourth-order valence-corrected chi connectivity index (χ4v) is 0.846. The molecule has 0 aliphatic rings. The molecule has 0 saturated carbocycles. The van der Waals surface area contributed by atoms with E-state index in [0.717, 1.165) is 19.6 Å². The number of aromatic nitrogens is 2. The van der Waals surface area contributed by atoms with E-state index < -0.39 is 0 Å². The summed E-state index contributed by atoms with van der Waals surface area (Å²) in [6.07, 6.45) is 4.08. The molecule has 0 saturated heterocycles. The van der Waals surface area contributed by atoms with Crippen molar-refractivity contribution in [3.8, 4) is 0 Å². The summed E-state index contributed by atoms with van der Waals surface area (Å²) >= 11 is 0. The van der Waals surface area contributed by atoms with Crippen LogP contribution in [0.3, 0.4) is 0 Å². The lowest BCUT2D eigenvalue weighted by atomic mass is 10.4. The Kier molecular flexibility index (Phi) is 3.98. The Morgan fingerprint density at radius 1 is 1.46 bits per heavy atom. The van der Waals surface area contributed by atoms with Gasteiger partial charge in [-0.15, -0.1) is 0 Å². The third kappa shape index (κ3) is 3.71. The molecule has 0 fully saturated rings. The molecular formula is C8H14N4O. The minimum atomic E-state index is 0.572. The van der Waals surface area contributed by atoms with E-state index in [1.165, 1.54) is 0 Å². The molecule has 1 aromatic heterocycles. The van der Waals surface area contributed by atoms with Gasteiger partial charge in [0.25, 0.3) is 0 Å². The van der Waals surface area contributed by atoms with Crippen molar-refractivity contribution in [2.24, 2.45) is 0 Å². The number of ether oxygens (including phenoxy) is 1. The molecular weight excluding hydrogens is 168 g/mol. The number of hydrogen-bond acceptors (Lipinski definition) is 5. The van der Waals surface area contributed by atoms with Crippen molar-refractivity contribution in [2.45, 2.75) is 6.42 Å². The average molecular weight is 182 g/mol. The number of methoxy groups -OCH3 is 1. The number of nitrogens with two attached hydrogens (primary N) is 1. The second kappa shape index (κ2) is 5.31. The Bertz CT molecular complexity index is 236. The zero-order chi connectivity index (χ0) is 9.52. The SMILES string of the molecule is COCCCNc1ncc(N)cn1. The third-order valence-electron chi connectivity index (χ3n) is 1.48. The van der Waals surface area contributed by atoms with Gasteiger partial charge in [-0.2, -0.15) is 0 Å². The van der Waals surface area contributed by atoms with Gasteiger partial charge >= 0.3 is 0 Å². The first-order chi connectivity index (χ1) is 6.33. The zero-order valence-electron chi connectivity index (χ0n) is 7.66. The summed E-state index contributed by atoms with van der Waals surface area (Å²) in [6.45, 7) is 1.54. The van der Waals surface area contributed by atoms with E-state index in [1.54, 1.807) is 19.5 Å². The molecule has 0 spiro atoms. The summed E-state index contributed by atoms with van der Waals surface area (Å²) in [7, 11) is 1.68. The number of nitrogens with zero attached hydrogens (tertiary/aromatic N) is 2. The van der Waals surface area contributed by atoms with Crippen LogP contribution in [0.25, 0.3) is 0 Å². The van der Waals surface area contributed by atoms with Gasteiger partial charge in [-0.25, -0.2) is 9.97 Å². The van der Waals surface area contributed by atoms with E-state index in [9.17, 15) is 0 Å². The molecule has 0 aliphatic carbocycles.